The minimum atomic E-state index is -0.792. The van der Waals surface area contributed by atoms with Crippen molar-refractivity contribution in [2.75, 3.05) is 13.1 Å². The van der Waals surface area contributed by atoms with Crippen molar-refractivity contribution in [2.24, 2.45) is 5.92 Å². The van der Waals surface area contributed by atoms with Gasteiger partial charge in [0.1, 0.15) is 0 Å². The van der Waals surface area contributed by atoms with Crippen molar-refractivity contribution in [1.29, 1.82) is 0 Å². The Morgan fingerprint density at radius 2 is 1.79 bits per heavy atom. The van der Waals surface area contributed by atoms with Gasteiger partial charge in [-0.3, -0.25) is 9.59 Å². The monoisotopic (exact) mass is 332 g/mol. The van der Waals surface area contributed by atoms with Gasteiger partial charge in [-0.1, -0.05) is 19.3 Å². The van der Waals surface area contributed by atoms with Gasteiger partial charge in [-0.2, -0.15) is 0 Å². The molecule has 1 aromatic heterocycles. The SMILES string of the molecule is Cc1cc(C(=O)N2CCC[C@H](C(=O)O)C2)c(C)n1C1CCCCC1. The fourth-order valence-corrected chi connectivity index (χ4v) is 4.43. The average molecular weight is 332 g/mol. The lowest BCUT2D eigenvalue weighted by molar-refractivity contribution is -0.143. The normalized spacial score (nSPS) is 22.6. The van der Waals surface area contributed by atoms with Gasteiger partial charge in [-0.15, -0.1) is 0 Å². The predicted molar refractivity (Wildman–Crippen MR) is 92.3 cm³/mol. The summed E-state index contributed by atoms with van der Waals surface area (Å²) in [7, 11) is 0. The molecule has 1 aromatic rings. The highest BCUT2D eigenvalue weighted by atomic mass is 16.4. The molecule has 1 aliphatic carbocycles. The fraction of sp³-hybridized carbons (Fsp3) is 0.684. The molecule has 1 saturated heterocycles. The maximum absolute atomic E-state index is 13.0. The van der Waals surface area contributed by atoms with Crippen molar-refractivity contribution in [3.63, 3.8) is 0 Å². The van der Waals surface area contributed by atoms with Gasteiger partial charge in [-0.05, 0) is 45.6 Å². The predicted octanol–water partition coefficient (Wildman–Crippen LogP) is 3.55. The number of carbonyl (C=O) groups is 2. The van der Waals surface area contributed by atoms with E-state index in [0.717, 1.165) is 23.4 Å². The molecular weight excluding hydrogens is 304 g/mol. The highest BCUT2D eigenvalue weighted by molar-refractivity contribution is 5.96. The molecule has 0 unspecified atom stereocenters. The van der Waals surface area contributed by atoms with E-state index in [9.17, 15) is 14.7 Å². The summed E-state index contributed by atoms with van der Waals surface area (Å²) < 4.78 is 2.34. The Balaban J connectivity index is 1.81. The third-order valence-corrected chi connectivity index (χ3v) is 5.71. The number of nitrogens with zero attached hydrogens (tertiary/aromatic N) is 2. The van der Waals surface area contributed by atoms with Crippen LogP contribution >= 0.6 is 0 Å². The number of carboxylic acids is 1. The van der Waals surface area contributed by atoms with E-state index in [1.54, 1.807) is 4.90 Å². The lowest BCUT2D eigenvalue weighted by atomic mass is 9.95. The second kappa shape index (κ2) is 6.99. The van der Waals surface area contributed by atoms with Crippen molar-refractivity contribution in [2.45, 2.75) is 64.8 Å². The van der Waals surface area contributed by atoms with E-state index in [-0.39, 0.29) is 5.91 Å². The standard InChI is InChI=1S/C19H28N2O3/c1-13-11-17(14(2)21(13)16-8-4-3-5-9-16)18(22)20-10-6-7-15(12-20)19(23)24/h11,15-16H,3-10,12H2,1-2H3,(H,23,24)/t15-/m0/s1. The zero-order valence-corrected chi connectivity index (χ0v) is 14.8. The summed E-state index contributed by atoms with van der Waals surface area (Å²) >= 11 is 0. The Labute approximate surface area is 143 Å². The van der Waals surface area contributed by atoms with Crippen LogP contribution in [-0.2, 0) is 4.79 Å². The van der Waals surface area contributed by atoms with Crippen LogP contribution in [0.3, 0.4) is 0 Å². The molecule has 1 aliphatic heterocycles. The van der Waals surface area contributed by atoms with Gasteiger partial charge in [0.05, 0.1) is 11.5 Å². The molecule has 5 nitrogen and oxygen atoms in total. The topological polar surface area (TPSA) is 62.5 Å². The molecule has 3 rings (SSSR count). The molecule has 0 bridgehead atoms. The molecule has 0 spiro atoms. The van der Waals surface area contributed by atoms with Gasteiger partial charge in [0.25, 0.3) is 5.91 Å². The van der Waals surface area contributed by atoms with E-state index in [4.69, 9.17) is 0 Å². The first kappa shape index (κ1) is 17.1. The van der Waals surface area contributed by atoms with Crippen LogP contribution in [0.2, 0.25) is 0 Å². The van der Waals surface area contributed by atoms with Crippen molar-refractivity contribution in [3.05, 3.63) is 23.0 Å². The number of hydrogen-bond acceptors (Lipinski definition) is 2. The largest absolute Gasteiger partial charge is 0.481 e. The summed E-state index contributed by atoms with van der Waals surface area (Å²) in [5.41, 5.74) is 2.94. The Kier molecular flexibility index (Phi) is 4.97. The second-order valence-electron chi connectivity index (χ2n) is 7.38. The Bertz CT molecular complexity index is 629. The van der Waals surface area contributed by atoms with Crippen LogP contribution < -0.4 is 0 Å². The van der Waals surface area contributed by atoms with Gasteiger partial charge in [-0.25, -0.2) is 0 Å². The number of rotatable bonds is 3. The molecule has 2 fully saturated rings. The molecule has 0 radical (unpaired) electrons. The first-order chi connectivity index (χ1) is 11.5. The first-order valence-electron chi connectivity index (χ1n) is 9.19. The number of likely N-dealkylation sites (tertiary alicyclic amines) is 1. The highest BCUT2D eigenvalue weighted by Gasteiger charge is 2.31. The molecular formula is C19H28N2O3. The highest BCUT2D eigenvalue weighted by Crippen LogP contribution is 2.32. The Morgan fingerprint density at radius 3 is 2.46 bits per heavy atom. The maximum atomic E-state index is 13.0. The molecule has 2 heterocycles. The molecule has 2 aliphatic rings. The molecule has 1 N–H and O–H groups in total. The molecule has 1 amide bonds. The van der Waals surface area contributed by atoms with Gasteiger partial charge < -0.3 is 14.6 Å². The van der Waals surface area contributed by atoms with Crippen LogP contribution in [0.1, 0.15) is 72.7 Å². The Morgan fingerprint density at radius 1 is 1.08 bits per heavy atom. The summed E-state index contributed by atoms with van der Waals surface area (Å²) in [6.45, 7) is 5.11. The van der Waals surface area contributed by atoms with Gasteiger partial charge in [0.2, 0.25) is 0 Å². The number of amides is 1. The van der Waals surface area contributed by atoms with Crippen molar-refractivity contribution >= 4 is 11.9 Å². The number of piperidine rings is 1. The summed E-state index contributed by atoms with van der Waals surface area (Å²) in [4.78, 5) is 25.9. The van der Waals surface area contributed by atoms with Crippen LogP contribution in [0, 0.1) is 19.8 Å². The number of aryl methyl sites for hydroxylation is 1. The quantitative estimate of drug-likeness (QED) is 0.921. The van der Waals surface area contributed by atoms with E-state index in [1.165, 1.54) is 32.1 Å². The summed E-state index contributed by atoms with van der Waals surface area (Å²) in [5, 5.41) is 9.24. The number of aromatic nitrogens is 1. The number of carbonyl (C=O) groups excluding carboxylic acids is 1. The van der Waals surface area contributed by atoms with Gasteiger partial charge in [0, 0.05) is 30.5 Å². The van der Waals surface area contributed by atoms with E-state index >= 15 is 0 Å². The van der Waals surface area contributed by atoms with Gasteiger partial charge >= 0.3 is 5.97 Å². The fourth-order valence-electron chi connectivity index (χ4n) is 4.43. The Hall–Kier alpha value is -1.78. The smallest absolute Gasteiger partial charge is 0.308 e. The minimum Gasteiger partial charge on any atom is -0.481 e. The van der Waals surface area contributed by atoms with Crippen molar-refractivity contribution in [3.8, 4) is 0 Å². The zero-order chi connectivity index (χ0) is 17.3. The molecule has 1 saturated carbocycles. The van der Waals surface area contributed by atoms with Crippen LogP contribution in [0.15, 0.2) is 6.07 Å². The lowest BCUT2D eigenvalue weighted by Gasteiger charge is -2.31. The third kappa shape index (κ3) is 3.21. The average Bonchev–Trinajstić information content (AvgIpc) is 2.89. The summed E-state index contributed by atoms with van der Waals surface area (Å²) in [6, 6.07) is 2.50. The molecule has 24 heavy (non-hydrogen) atoms. The van der Waals surface area contributed by atoms with Crippen molar-refractivity contribution in [1.82, 2.24) is 9.47 Å². The van der Waals surface area contributed by atoms with Crippen LogP contribution in [0.25, 0.3) is 0 Å². The van der Waals surface area contributed by atoms with Crippen LogP contribution in [-0.4, -0.2) is 39.5 Å². The van der Waals surface area contributed by atoms with Crippen LogP contribution in [0.4, 0.5) is 0 Å². The van der Waals surface area contributed by atoms with Crippen LogP contribution in [0.5, 0.6) is 0 Å². The minimum absolute atomic E-state index is 0.00360. The van der Waals surface area contributed by atoms with Gasteiger partial charge in [0.15, 0.2) is 0 Å². The maximum Gasteiger partial charge on any atom is 0.308 e. The number of aliphatic carboxylic acids is 1. The summed E-state index contributed by atoms with van der Waals surface area (Å²) in [6.07, 6.45) is 7.65. The lowest BCUT2D eigenvalue weighted by Crippen LogP contribution is -2.42. The van der Waals surface area contributed by atoms with E-state index in [0.29, 0.717) is 25.6 Å². The molecule has 5 heteroatoms. The van der Waals surface area contributed by atoms with E-state index in [2.05, 4.69) is 11.5 Å². The zero-order valence-electron chi connectivity index (χ0n) is 14.8. The molecule has 132 valence electrons. The number of carboxylic acid groups (broad SMARTS) is 1. The van der Waals surface area contributed by atoms with Crippen molar-refractivity contribution < 1.29 is 14.7 Å². The molecule has 0 aromatic carbocycles. The summed E-state index contributed by atoms with van der Waals surface area (Å²) in [5.74, 6) is -1.22. The molecule has 1 atom stereocenters. The second-order valence-corrected chi connectivity index (χ2v) is 7.38. The number of hydrogen-bond donors (Lipinski definition) is 1. The van der Waals surface area contributed by atoms with E-state index < -0.39 is 11.9 Å². The first-order valence-corrected chi connectivity index (χ1v) is 9.19. The van der Waals surface area contributed by atoms with E-state index in [1.807, 2.05) is 13.0 Å². The third-order valence-electron chi connectivity index (χ3n) is 5.71.